The van der Waals surface area contributed by atoms with Gasteiger partial charge in [-0.25, -0.2) is 0 Å². The fraction of sp³-hybridized carbons (Fsp3) is 1.00. The molecule has 0 heterocycles. The Balaban J connectivity index is 1.50. The maximum Gasteiger partial charge on any atom is 0.0577 e. The number of aliphatic hydroxyl groups is 2. The van der Waals surface area contributed by atoms with E-state index in [-0.39, 0.29) is 12.2 Å². The van der Waals surface area contributed by atoms with Crippen molar-refractivity contribution in [3.63, 3.8) is 0 Å². The smallest absolute Gasteiger partial charge is 0.0577 e. The Hall–Kier alpha value is -0.0800. The molecule has 0 amide bonds. The average molecular weight is 419 g/mol. The van der Waals surface area contributed by atoms with Crippen molar-refractivity contribution in [2.75, 3.05) is 0 Å². The molecule has 2 N–H and O–H groups in total. The highest BCUT2D eigenvalue weighted by atomic mass is 16.3. The van der Waals surface area contributed by atoms with Crippen molar-refractivity contribution < 1.29 is 10.2 Å². The standard InChI is InChI=1S/C28H50O2/c1-17(2)24(29)10-7-19(4)21-8-9-22-26-23(12-14-28(21,22)6)27(5)13-11-18(3)15-20(27)16-25(26)30/h17-26,29-30H,7-16H2,1-6H3/t18?,19-,20-,21?,22?,23?,24-,25-,26?,27+,28-/m1/s1. The first-order valence-electron chi connectivity index (χ1n) is 13.4. The normalized spacial score (nSPS) is 50.5. The quantitative estimate of drug-likeness (QED) is 0.522. The summed E-state index contributed by atoms with van der Waals surface area (Å²) in [4.78, 5) is 0. The highest BCUT2D eigenvalue weighted by Gasteiger charge is 2.62. The van der Waals surface area contributed by atoms with Crippen LogP contribution >= 0.6 is 0 Å². The summed E-state index contributed by atoms with van der Waals surface area (Å²) in [7, 11) is 0. The second-order valence-corrected chi connectivity index (χ2v) is 13.3. The molecule has 4 aliphatic carbocycles. The van der Waals surface area contributed by atoms with Gasteiger partial charge < -0.3 is 10.2 Å². The van der Waals surface area contributed by atoms with Gasteiger partial charge in [-0.15, -0.1) is 0 Å². The highest BCUT2D eigenvalue weighted by Crippen LogP contribution is 2.68. The number of hydrogen-bond donors (Lipinski definition) is 2. The minimum atomic E-state index is -0.154. The van der Waals surface area contributed by atoms with Crippen LogP contribution in [-0.2, 0) is 0 Å². The molecular weight excluding hydrogens is 368 g/mol. The SMILES string of the molecule is CC1CC[C@]2(C)C3CC[C@@]4(C)C(CCC4[C@H](C)CC[C@@H](O)C(C)C)C3[C@H](O)C[C@H]2C1. The van der Waals surface area contributed by atoms with Crippen molar-refractivity contribution >= 4 is 0 Å². The molecule has 0 aromatic rings. The molecule has 0 aliphatic heterocycles. The molecule has 30 heavy (non-hydrogen) atoms. The Morgan fingerprint density at radius 1 is 0.867 bits per heavy atom. The summed E-state index contributed by atoms with van der Waals surface area (Å²) in [5.41, 5.74) is 0.873. The molecule has 0 aromatic heterocycles. The fourth-order valence-electron chi connectivity index (χ4n) is 9.38. The van der Waals surface area contributed by atoms with Gasteiger partial charge in [-0.3, -0.25) is 0 Å². The summed E-state index contributed by atoms with van der Waals surface area (Å²) in [6.45, 7) is 14.3. The molecule has 5 unspecified atom stereocenters. The van der Waals surface area contributed by atoms with Gasteiger partial charge in [0.15, 0.2) is 0 Å². The number of fused-ring (bicyclic) bond motifs is 5. The Labute approximate surface area is 186 Å². The largest absolute Gasteiger partial charge is 0.393 e. The summed E-state index contributed by atoms with van der Waals surface area (Å²) < 4.78 is 0. The van der Waals surface area contributed by atoms with E-state index in [1.54, 1.807) is 0 Å². The minimum Gasteiger partial charge on any atom is -0.393 e. The Morgan fingerprint density at radius 3 is 2.23 bits per heavy atom. The first-order chi connectivity index (χ1) is 14.1. The molecule has 11 atom stereocenters. The van der Waals surface area contributed by atoms with Gasteiger partial charge in [0, 0.05) is 0 Å². The molecule has 2 nitrogen and oxygen atoms in total. The van der Waals surface area contributed by atoms with Crippen molar-refractivity contribution in [1.82, 2.24) is 0 Å². The second-order valence-electron chi connectivity index (χ2n) is 13.3. The number of hydrogen-bond acceptors (Lipinski definition) is 2. The van der Waals surface area contributed by atoms with E-state index in [9.17, 15) is 10.2 Å². The lowest BCUT2D eigenvalue weighted by Gasteiger charge is -2.62. The van der Waals surface area contributed by atoms with Crippen LogP contribution in [0, 0.1) is 58.2 Å². The van der Waals surface area contributed by atoms with Gasteiger partial charge in [0.1, 0.15) is 0 Å². The zero-order valence-electron chi connectivity index (χ0n) is 20.7. The van der Waals surface area contributed by atoms with E-state index in [1.165, 1.54) is 44.9 Å². The van der Waals surface area contributed by atoms with Gasteiger partial charge in [0.05, 0.1) is 12.2 Å². The van der Waals surface area contributed by atoms with E-state index < -0.39 is 0 Å². The third kappa shape index (κ3) is 3.70. The molecule has 174 valence electrons. The predicted octanol–water partition coefficient (Wildman–Crippen LogP) is 6.69. The van der Waals surface area contributed by atoms with Crippen LogP contribution in [0.1, 0.15) is 106 Å². The number of rotatable bonds is 5. The summed E-state index contributed by atoms with van der Waals surface area (Å²) in [5, 5.41) is 21.8. The molecule has 4 rings (SSSR count). The van der Waals surface area contributed by atoms with Crippen LogP contribution in [0.25, 0.3) is 0 Å². The van der Waals surface area contributed by atoms with Gasteiger partial charge in [0.25, 0.3) is 0 Å². The van der Waals surface area contributed by atoms with Gasteiger partial charge >= 0.3 is 0 Å². The zero-order chi connectivity index (χ0) is 21.8. The lowest BCUT2D eigenvalue weighted by Crippen LogP contribution is -2.58. The Morgan fingerprint density at radius 2 is 1.53 bits per heavy atom. The fourth-order valence-corrected chi connectivity index (χ4v) is 9.38. The lowest BCUT2D eigenvalue weighted by molar-refractivity contribution is -0.168. The molecule has 4 fully saturated rings. The van der Waals surface area contributed by atoms with Gasteiger partial charge in [-0.2, -0.15) is 0 Å². The molecule has 4 aliphatic rings. The monoisotopic (exact) mass is 418 g/mol. The molecule has 4 saturated carbocycles. The molecule has 0 saturated heterocycles. The van der Waals surface area contributed by atoms with Crippen LogP contribution in [0.15, 0.2) is 0 Å². The van der Waals surface area contributed by atoms with Crippen LogP contribution in [0.3, 0.4) is 0 Å². The molecule has 0 spiro atoms. The topological polar surface area (TPSA) is 40.5 Å². The molecular formula is C28H50O2. The molecule has 0 bridgehead atoms. The Kier molecular flexibility index (Phi) is 6.44. The van der Waals surface area contributed by atoms with Crippen molar-refractivity contribution in [1.29, 1.82) is 0 Å². The van der Waals surface area contributed by atoms with Crippen LogP contribution in [-0.4, -0.2) is 22.4 Å². The first kappa shape index (κ1) is 23.1. The third-order valence-corrected chi connectivity index (χ3v) is 11.4. The first-order valence-corrected chi connectivity index (χ1v) is 13.4. The summed E-state index contributed by atoms with van der Waals surface area (Å²) in [5.74, 6) is 5.41. The van der Waals surface area contributed by atoms with E-state index in [2.05, 4.69) is 41.5 Å². The van der Waals surface area contributed by atoms with E-state index in [1.807, 2.05) is 0 Å². The van der Waals surface area contributed by atoms with Crippen molar-refractivity contribution in [2.45, 2.75) is 118 Å². The van der Waals surface area contributed by atoms with Gasteiger partial charge in [-0.05, 0) is 116 Å². The van der Waals surface area contributed by atoms with E-state index in [0.717, 1.165) is 42.9 Å². The van der Waals surface area contributed by atoms with Gasteiger partial charge in [-0.1, -0.05) is 48.0 Å². The van der Waals surface area contributed by atoms with Crippen molar-refractivity contribution in [3.8, 4) is 0 Å². The third-order valence-electron chi connectivity index (χ3n) is 11.4. The predicted molar refractivity (Wildman–Crippen MR) is 125 cm³/mol. The second kappa shape index (κ2) is 8.36. The van der Waals surface area contributed by atoms with Crippen LogP contribution < -0.4 is 0 Å². The van der Waals surface area contributed by atoms with Crippen LogP contribution in [0.5, 0.6) is 0 Å². The van der Waals surface area contributed by atoms with Crippen LogP contribution in [0.4, 0.5) is 0 Å². The van der Waals surface area contributed by atoms with Crippen molar-refractivity contribution in [3.05, 3.63) is 0 Å². The molecule has 0 radical (unpaired) electrons. The highest BCUT2D eigenvalue weighted by molar-refractivity contribution is 5.11. The zero-order valence-corrected chi connectivity index (χ0v) is 20.7. The maximum absolute atomic E-state index is 11.4. The molecule has 0 aromatic carbocycles. The van der Waals surface area contributed by atoms with E-state index in [0.29, 0.717) is 34.5 Å². The summed E-state index contributed by atoms with van der Waals surface area (Å²) in [6, 6.07) is 0. The average Bonchev–Trinajstić information content (AvgIpc) is 3.04. The maximum atomic E-state index is 11.4. The lowest BCUT2D eigenvalue weighted by atomic mass is 9.43. The van der Waals surface area contributed by atoms with Gasteiger partial charge in [0.2, 0.25) is 0 Å². The van der Waals surface area contributed by atoms with Crippen molar-refractivity contribution in [2.24, 2.45) is 58.2 Å². The van der Waals surface area contributed by atoms with Crippen LogP contribution in [0.2, 0.25) is 0 Å². The number of aliphatic hydroxyl groups excluding tert-OH is 2. The Bertz CT molecular complexity index is 601. The molecule has 2 heteroatoms. The minimum absolute atomic E-state index is 0.0696. The summed E-state index contributed by atoms with van der Waals surface area (Å²) >= 11 is 0. The van der Waals surface area contributed by atoms with E-state index in [4.69, 9.17) is 0 Å². The summed E-state index contributed by atoms with van der Waals surface area (Å²) in [6.07, 6.45) is 12.4. The van der Waals surface area contributed by atoms with E-state index >= 15 is 0 Å².